The summed E-state index contributed by atoms with van der Waals surface area (Å²) in [5.74, 6) is 2.22. The van der Waals surface area contributed by atoms with Gasteiger partial charge in [-0.2, -0.15) is 0 Å². The largest absolute Gasteiger partial charge is 0.497 e. The predicted molar refractivity (Wildman–Crippen MR) is 86.8 cm³/mol. The topological polar surface area (TPSA) is 53.7 Å². The van der Waals surface area contributed by atoms with E-state index >= 15 is 0 Å². The standard InChI is InChI=1S/C16H19NO3.ClH/c1-18-14-5-3-4-12(10-14)13-6-7-15(20-9-8-17)16(11-13)19-2;/h3-7,10-11H,8-9,17H2,1-2H3;1H. The number of hydrogen-bond donors (Lipinski definition) is 1. The van der Waals surface area contributed by atoms with Crippen LogP contribution in [0.3, 0.4) is 0 Å². The van der Waals surface area contributed by atoms with Gasteiger partial charge in [-0.25, -0.2) is 0 Å². The summed E-state index contributed by atoms with van der Waals surface area (Å²) in [5.41, 5.74) is 7.55. The van der Waals surface area contributed by atoms with E-state index < -0.39 is 0 Å². The maximum atomic E-state index is 5.54. The number of benzene rings is 2. The Morgan fingerprint density at radius 3 is 2.33 bits per heavy atom. The number of rotatable bonds is 6. The van der Waals surface area contributed by atoms with Gasteiger partial charge in [0.15, 0.2) is 11.5 Å². The molecule has 0 saturated carbocycles. The van der Waals surface area contributed by atoms with Crippen molar-refractivity contribution in [2.24, 2.45) is 5.73 Å². The molecule has 0 radical (unpaired) electrons. The smallest absolute Gasteiger partial charge is 0.161 e. The van der Waals surface area contributed by atoms with E-state index in [4.69, 9.17) is 19.9 Å². The summed E-state index contributed by atoms with van der Waals surface area (Å²) in [6.07, 6.45) is 0. The van der Waals surface area contributed by atoms with E-state index in [1.54, 1.807) is 14.2 Å². The van der Waals surface area contributed by atoms with E-state index in [1.807, 2.05) is 42.5 Å². The van der Waals surface area contributed by atoms with Crippen LogP contribution in [0.1, 0.15) is 0 Å². The Balaban J connectivity index is 0.00000220. The second kappa shape index (κ2) is 8.39. The van der Waals surface area contributed by atoms with Crippen molar-refractivity contribution in [2.45, 2.75) is 0 Å². The third kappa shape index (κ3) is 4.28. The first-order valence-corrected chi connectivity index (χ1v) is 6.44. The van der Waals surface area contributed by atoms with Gasteiger partial charge in [-0.05, 0) is 35.4 Å². The number of nitrogens with two attached hydrogens (primary N) is 1. The molecule has 0 fully saturated rings. The van der Waals surface area contributed by atoms with E-state index in [0.29, 0.717) is 24.7 Å². The number of ether oxygens (including phenoxy) is 3. The fraction of sp³-hybridized carbons (Fsp3) is 0.250. The van der Waals surface area contributed by atoms with Crippen LogP contribution < -0.4 is 19.9 Å². The minimum atomic E-state index is 0. The molecule has 2 aromatic rings. The fourth-order valence-corrected chi connectivity index (χ4v) is 1.94. The van der Waals surface area contributed by atoms with Crippen LogP contribution in [0.4, 0.5) is 0 Å². The van der Waals surface area contributed by atoms with Crippen molar-refractivity contribution in [3.63, 3.8) is 0 Å². The van der Waals surface area contributed by atoms with Gasteiger partial charge in [0.05, 0.1) is 14.2 Å². The molecular formula is C16H20ClNO3. The summed E-state index contributed by atoms with van der Waals surface area (Å²) < 4.78 is 16.1. The van der Waals surface area contributed by atoms with Crippen molar-refractivity contribution < 1.29 is 14.2 Å². The van der Waals surface area contributed by atoms with E-state index in [1.165, 1.54) is 0 Å². The third-order valence-corrected chi connectivity index (χ3v) is 2.94. The number of hydrogen-bond acceptors (Lipinski definition) is 4. The van der Waals surface area contributed by atoms with E-state index in [2.05, 4.69) is 0 Å². The first-order chi connectivity index (χ1) is 9.78. The minimum Gasteiger partial charge on any atom is -0.497 e. The molecule has 114 valence electrons. The van der Waals surface area contributed by atoms with Crippen LogP contribution in [0.15, 0.2) is 42.5 Å². The Kier molecular flexibility index (Phi) is 6.85. The lowest BCUT2D eigenvalue weighted by Gasteiger charge is -2.12. The number of methoxy groups -OCH3 is 2. The highest BCUT2D eigenvalue weighted by Gasteiger charge is 2.07. The number of halogens is 1. The molecule has 21 heavy (non-hydrogen) atoms. The van der Waals surface area contributed by atoms with Crippen molar-refractivity contribution in [3.05, 3.63) is 42.5 Å². The van der Waals surface area contributed by atoms with Crippen LogP contribution in [-0.2, 0) is 0 Å². The average molecular weight is 310 g/mol. The van der Waals surface area contributed by atoms with Gasteiger partial charge >= 0.3 is 0 Å². The molecule has 2 rings (SSSR count). The van der Waals surface area contributed by atoms with Gasteiger partial charge in [0.2, 0.25) is 0 Å². The van der Waals surface area contributed by atoms with Crippen molar-refractivity contribution in [1.29, 1.82) is 0 Å². The Bertz CT molecular complexity index is 575. The molecule has 4 nitrogen and oxygen atoms in total. The maximum Gasteiger partial charge on any atom is 0.161 e. The molecular weight excluding hydrogens is 290 g/mol. The van der Waals surface area contributed by atoms with E-state index in [0.717, 1.165) is 16.9 Å². The first kappa shape index (κ1) is 17.1. The predicted octanol–water partition coefficient (Wildman–Crippen LogP) is 3.13. The molecule has 5 heteroatoms. The molecule has 0 amide bonds. The van der Waals surface area contributed by atoms with Gasteiger partial charge in [0, 0.05) is 6.54 Å². The van der Waals surface area contributed by atoms with Crippen molar-refractivity contribution in [2.75, 3.05) is 27.4 Å². The van der Waals surface area contributed by atoms with Gasteiger partial charge in [0.25, 0.3) is 0 Å². The van der Waals surface area contributed by atoms with Crippen LogP contribution in [-0.4, -0.2) is 27.4 Å². The summed E-state index contributed by atoms with van der Waals surface area (Å²) in [6, 6.07) is 13.7. The SMILES string of the molecule is COc1cccc(-c2ccc(OCCN)c(OC)c2)c1.Cl. The first-order valence-electron chi connectivity index (χ1n) is 6.44. The second-order valence-corrected chi connectivity index (χ2v) is 4.23. The Hall–Kier alpha value is -1.91. The van der Waals surface area contributed by atoms with Crippen molar-refractivity contribution in [1.82, 2.24) is 0 Å². The van der Waals surface area contributed by atoms with Crippen molar-refractivity contribution in [3.8, 4) is 28.4 Å². The zero-order chi connectivity index (χ0) is 14.4. The van der Waals surface area contributed by atoms with E-state index in [-0.39, 0.29) is 12.4 Å². The summed E-state index contributed by atoms with van der Waals surface area (Å²) in [7, 11) is 3.28. The van der Waals surface area contributed by atoms with Gasteiger partial charge < -0.3 is 19.9 Å². The van der Waals surface area contributed by atoms with Crippen LogP contribution in [0.2, 0.25) is 0 Å². The lowest BCUT2D eigenvalue weighted by molar-refractivity contribution is 0.302. The van der Waals surface area contributed by atoms with Crippen LogP contribution in [0, 0.1) is 0 Å². The monoisotopic (exact) mass is 309 g/mol. The maximum absolute atomic E-state index is 5.54. The third-order valence-electron chi connectivity index (χ3n) is 2.94. The van der Waals surface area contributed by atoms with Gasteiger partial charge in [-0.15, -0.1) is 12.4 Å². The van der Waals surface area contributed by atoms with Crippen LogP contribution in [0.25, 0.3) is 11.1 Å². The summed E-state index contributed by atoms with van der Waals surface area (Å²) in [5, 5.41) is 0. The molecule has 0 saturated heterocycles. The molecule has 0 spiro atoms. The average Bonchev–Trinajstić information content (AvgIpc) is 2.52. The molecule has 0 aromatic heterocycles. The molecule has 0 aliphatic carbocycles. The zero-order valence-corrected chi connectivity index (χ0v) is 13.0. The van der Waals surface area contributed by atoms with Gasteiger partial charge in [-0.1, -0.05) is 18.2 Å². The van der Waals surface area contributed by atoms with E-state index in [9.17, 15) is 0 Å². The lowest BCUT2D eigenvalue weighted by Crippen LogP contribution is -2.11. The summed E-state index contributed by atoms with van der Waals surface area (Å²) in [6.45, 7) is 0.940. The summed E-state index contributed by atoms with van der Waals surface area (Å²) >= 11 is 0. The highest BCUT2D eigenvalue weighted by Crippen LogP contribution is 2.33. The van der Waals surface area contributed by atoms with Gasteiger partial charge in [0.1, 0.15) is 12.4 Å². The quantitative estimate of drug-likeness (QED) is 0.890. The Morgan fingerprint density at radius 1 is 0.905 bits per heavy atom. The molecule has 2 N–H and O–H groups in total. The molecule has 0 heterocycles. The molecule has 0 bridgehead atoms. The summed E-state index contributed by atoms with van der Waals surface area (Å²) in [4.78, 5) is 0. The Morgan fingerprint density at radius 2 is 1.67 bits per heavy atom. The van der Waals surface area contributed by atoms with Crippen molar-refractivity contribution >= 4 is 12.4 Å². The lowest BCUT2D eigenvalue weighted by atomic mass is 10.0. The zero-order valence-electron chi connectivity index (χ0n) is 12.2. The normalized spacial score (nSPS) is 9.67. The van der Waals surface area contributed by atoms with Crippen LogP contribution >= 0.6 is 12.4 Å². The second-order valence-electron chi connectivity index (χ2n) is 4.23. The minimum absolute atomic E-state index is 0. The molecule has 0 aliphatic rings. The molecule has 0 unspecified atom stereocenters. The van der Waals surface area contributed by atoms with Crippen LogP contribution in [0.5, 0.6) is 17.2 Å². The highest BCUT2D eigenvalue weighted by atomic mass is 35.5. The molecule has 0 aliphatic heterocycles. The fourth-order valence-electron chi connectivity index (χ4n) is 1.94. The Labute approximate surface area is 131 Å². The van der Waals surface area contributed by atoms with Gasteiger partial charge in [-0.3, -0.25) is 0 Å². The molecule has 0 atom stereocenters. The highest BCUT2D eigenvalue weighted by molar-refractivity contribution is 5.85. The molecule has 2 aromatic carbocycles.